The predicted molar refractivity (Wildman–Crippen MR) is 280 cm³/mol. The van der Waals surface area contributed by atoms with Crippen molar-refractivity contribution in [2.75, 3.05) is 26.4 Å². The van der Waals surface area contributed by atoms with Crippen LogP contribution in [0.4, 0.5) is 0 Å². The minimum Gasteiger partial charge on any atom is -0.462 e. The monoisotopic (exact) mass is 1020 g/mol. The molecule has 0 aromatic carbocycles. The average Bonchev–Trinajstić information content (AvgIpc) is 3.37. The van der Waals surface area contributed by atoms with Gasteiger partial charge in [0.25, 0.3) is 0 Å². The van der Waals surface area contributed by atoms with Crippen molar-refractivity contribution in [1.82, 2.24) is 0 Å². The van der Waals surface area contributed by atoms with Crippen molar-refractivity contribution in [3.05, 3.63) is 48.6 Å². The molecule has 4 unspecified atom stereocenters. The molecule has 15 heteroatoms. The third-order valence-corrected chi connectivity index (χ3v) is 13.4. The molecule has 2 aliphatic rings. The Labute approximate surface area is 433 Å². The molecule has 0 aromatic heterocycles. The number of aliphatic hydroxyl groups excluding tert-OH is 7. The molecule has 7 N–H and O–H groups in total. The van der Waals surface area contributed by atoms with E-state index in [-0.39, 0.29) is 19.4 Å². The van der Waals surface area contributed by atoms with E-state index in [1.807, 2.05) is 36.5 Å². The molecular formula is C57H100O15. The number of unbranched alkanes of at least 4 members (excludes halogenated alkanes) is 25. The summed E-state index contributed by atoms with van der Waals surface area (Å²) in [4.78, 5) is 25.8. The Balaban J connectivity index is 1.75. The lowest BCUT2D eigenvalue weighted by atomic mass is 9.98. The van der Waals surface area contributed by atoms with Crippen LogP contribution in [-0.4, -0.2) is 142 Å². The van der Waals surface area contributed by atoms with Crippen molar-refractivity contribution in [3.8, 4) is 0 Å². The van der Waals surface area contributed by atoms with Gasteiger partial charge in [-0.15, -0.1) is 0 Å². The van der Waals surface area contributed by atoms with E-state index >= 15 is 0 Å². The van der Waals surface area contributed by atoms with Crippen molar-refractivity contribution in [1.29, 1.82) is 0 Å². The molecule has 0 aliphatic carbocycles. The van der Waals surface area contributed by atoms with Gasteiger partial charge in [-0.2, -0.15) is 0 Å². The zero-order chi connectivity index (χ0) is 52.4. The van der Waals surface area contributed by atoms with Crippen molar-refractivity contribution < 1.29 is 73.8 Å². The van der Waals surface area contributed by atoms with Crippen LogP contribution in [0, 0.1) is 0 Å². The average molecular weight is 1030 g/mol. The summed E-state index contributed by atoms with van der Waals surface area (Å²) in [7, 11) is 0. The first-order chi connectivity index (χ1) is 35.0. The summed E-state index contributed by atoms with van der Waals surface area (Å²) in [5, 5.41) is 72.2. The van der Waals surface area contributed by atoms with Gasteiger partial charge in [-0.05, 0) is 32.1 Å². The lowest BCUT2D eigenvalue weighted by Crippen LogP contribution is -2.61. The predicted octanol–water partition coefficient (Wildman–Crippen LogP) is 9.05. The van der Waals surface area contributed by atoms with Gasteiger partial charge in [0.15, 0.2) is 18.7 Å². The number of rotatable bonds is 44. The highest BCUT2D eigenvalue weighted by Gasteiger charge is 2.47. The normalized spacial score (nSPS) is 25.3. The Morgan fingerprint density at radius 3 is 1.38 bits per heavy atom. The number of ether oxygens (including phenoxy) is 6. The highest BCUT2D eigenvalue weighted by molar-refractivity contribution is 5.70. The molecule has 0 spiro atoms. The maximum atomic E-state index is 13.0. The van der Waals surface area contributed by atoms with E-state index in [4.69, 9.17) is 28.4 Å². The summed E-state index contributed by atoms with van der Waals surface area (Å²) in [6.07, 6.45) is 32.8. The van der Waals surface area contributed by atoms with E-state index in [1.54, 1.807) is 0 Å². The van der Waals surface area contributed by atoms with Crippen LogP contribution in [0.1, 0.15) is 206 Å². The smallest absolute Gasteiger partial charge is 0.306 e. The Morgan fingerprint density at radius 2 is 0.875 bits per heavy atom. The summed E-state index contributed by atoms with van der Waals surface area (Å²) >= 11 is 0. The van der Waals surface area contributed by atoms with E-state index in [2.05, 4.69) is 26.0 Å². The lowest BCUT2D eigenvalue weighted by Gasteiger charge is -2.42. The molecule has 2 saturated heterocycles. The second-order valence-corrected chi connectivity index (χ2v) is 19.8. The standard InChI is InChI=1S/C57H100O15/c1-3-5-7-9-11-13-15-17-19-20-21-22-23-24-26-27-29-31-33-35-37-39-48(59)67-42-45(70-49(60)40-38-36-34-32-30-28-25-18-16-14-12-10-8-6-4-2)43-68-56-55(66)53(64)51(62)47(72-56)44-69-57-54(65)52(63)50(61)46(41-58)71-57/h6,8,10,12,14,16,18,25,45-47,50-58,61-66H,3-5,7,9,11,13,15,17,19-24,26-44H2,1-2H3/b8-6+,12-10+,16-14+,25-18+/t45-,46+,47+,50-,51-,52?,53?,54?,55?,56+,57+/m0/s1. The Kier molecular flexibility index (Phi) is 39.8. The highest BCUT2D eigenvalue weighted by Crippen LogP contribution is 2.27. The SMILES string of the molecule is CC/C=C/C=C/C=C/C=C/CCCCCCCC(=O)O[C@@H](COC(=O)CCCCCCCCCCCCCCCCCCCCCCC)CO[C@@H]1O[C@H](CO[C@@H]2O[C@H](CO)[C@H](O)C(O)C2O)[C@H](O)C(O)C1O. The molecule has 15 nitrogen and oxygen atoms in total. The maximum absolute atomic E-state index is 13.0. The fourth-order valence-electron chi connectivity index (χ4n) is 8.82. The van der Waals surface area contributed by atoms with Crippen molar-refractivity contribution in [2.45, 2.75) is 274 Å². The molecule has 0 aromatic rings. The quantitative estimate of drug-likeness (QED) is 0.0171. The van der Waals surface area contributed by atoms with Crippen molar-refractivity contribution in [2.24, 2.45) is 0 Å². The summed E-state index contributed by atoms with van der Waals surface area (Å²) in [5.41, 5.74) is 0. The third kappa shape index (κ3) is 30.7. The summed E-state index contributed by atoms with van der Waals surface area (Å²) < 4.78 is 33.6. The number of carbonyl (C=O) groups excluding carboxylic acids is 2. The fraction of sp³-hybridized carbons (Fsp3) is 0.825. The van der Waals surface area contributed by atoms with Gasteiger partial charge in [-0.25, -0.2) is 0 Å². The summed E-state index contributed by atoms with van der Waals surface area (Å²) in [5.74, 6) is -0.946. The molecular weight excluding hydrogens is 925 g/mol. The molecule has 2 aliphatic heterocycles. The van der Waals surface area contributed by atoms with E-state index < -0.39 is 99.3 Å². The van der Waals surface area contributed by atoms with Gasteiger partial charge in [0, 0.05) is 12.8 Å². The minimum absolute atomic E-state index is 0.139. The number of carbonyl (C=O) groups is 2. The van der Waals surface area contributed by atoms with Crippen LogP contribution in [0.2, 0.25) is 0 Å². The van der Waals surface area contributed by atoms with Gasteiger partial charge in [-0.1, -0.05) is 210 Å². The molecule has 11 atom stereocenters. The molecule has 0 radical (unpaired) electrons. The molecule has 72 heavy (non-hydrogen) atoms. The molecule has 418 valence electrons. The van der Waals surface area contributed by atoms with Crippen LogP contribution < -0.4 is 0 Å². The first-order valence-corrected chi connectivity index (χ1v) is 28.3. The van der Waals surface area contributed by atoms with E-state index in [1.165, 1.54) is 109 Å². The van der Waals surface area contributed by atoms with E-state index in [0.717, 1.165) is 57.8 Å². The van der Waals surface area contributed by atoms with Gasteiger partial charge in [0.05, 0.1) is 19.8 Å². The first kappa shape index (κ1) is 65.6. The van der Waals surface area contributed by atoms with Gasteiger partial charge in [-0.3, -0.25) is 9.59 Å². The van der Waals surface area contributed by atoms with Crippen molar-refractivity contribution in [3.63, 3.8) is 0 Å². The molecule has 2 rings (SSSR count). The summed E-state index contributed by atoms with van der Waals surface area (Å²) in [6.45, 7) is 2.45. The minimum atomic E-state index is -1.77. The number of hydrogen-bond donors (Lipinski definition) is 7. The second kappa shape index (κ2) is 43.7. The Morgan fingerprint density at radius 1 is 0.458 bits per heavy atom. The third-order valence-electron chi connectivity index (χ3n) is 13.4. The van der Waals surface area contributed by atoms with Crippen LogP contribution in [0.25, 0.3) is 0 Å². The number of esters is 2. The summed E-state index contributed by atoms with van der Waals surface area (Å²) in [6, 6.07) is 0. The van der Waals surface area contributed by atoms with Crippen molar-refractivity contribution >= 4 is 11.9 Å². The molecule has 2 fully saturated rings. The van der Waals surface area contributed by atoms with Crippen LogP contribution in [0.15, 0.2) is 48.6 Å². The van der Waals surface area contributed by atoms with E-state index in [9.17, 15) is 45.3 Å². The molecule has 0 amide bonds. The zero-order valence-electron chi connectivity index (χ0n) is 44.4. The van der Waals surface area contributed by atoms with Crippen LogP contribution in [0.3, 0.4) is 0 Å². The molecule has 0 bridgehead atoms. The van der Waals surface area contributed by atoms with Crippen LogP contribution in [0.5, 0.6) is 0 Å². The Hall–Kier alpha value is -2.54. The van der Waals surface area contributed by atoms with Crippen LogP contribution >= 0.6 is 0 Å². The van der Waals surface area contributed by atoms with Gasteiger partial charge < -0.3 is 64.2 Å². The topological polar surface area (TPSA) is 231 Å². The fourth-order valence-corrected chi connectivity index (χ4v) is 8.82. The van der Waals surface area contributed by atoms with E-state index in [0.29, 0.717) is 12.8 Å². The number of aliphatic hydroxyl groups is 7. The Bertz CT molecular complexity index is 1440. The van der Waals surface area contributed by atoms with Gasteiger partial charge >= 0.3 is 11.9 Å². The lowest BCUT2D eigenvalue weighted by molar-refractivity contribution is -0.332. The zero-order valence-corrected chi connectivity index (χ0v) is 44.4. The molecule has 2 heterocycles. The van der Waals surface area contributed by atoms with Crippen LogP contribution in [-0.2, 0) is 38.0 Å². The number of allylic oxidation sites excluding steroid dienone is 8. The van der Waals surface area contributed by atoms with Gasteiger partial charge in [0.1, 0.15) is 55.4 Å². The number of hydrogen-bond acceptors (Lipinski definition) is 15. The largest absolute Gasteiger partial charge is 0.462 e. The maximum Gasteiger partial charge on any atom is 0.306 e. The highest BCUT2D eigenvalue weighted by atomic mass is 16.7. The molecule has 0 saturated carbocycles. The first-order valence-electron chi connectivity index (χ1n) is 28.3. The van der Waals surface area contributed by atoms with Gasteiger partial charge in [0.2, 0.25) is 0 Å². The second-order valence-electron chi connectivity index (χ2n) is 19.8.